The van der Waals surface area contributed by atoms with E-state index in [1.54, 1.807) is 0 Å². The molecule has 0 amide bonds. The first-order valence-electron chi connectivity index (χ1n) is 3.29. The summed E-state index contributed by atoms with van der Waals surface area (Å²) in [5.74, 6) is 0. The van der Waals surface area contributed by atoms with Crippen molar-refractivity contribution in [1.82, 2.24) is 0 Å². The molecule has 1 rings (SSSR count). The van der Waals surface area contributed by atoms with E-state index in [1.165, 1.54) is 3.57 Å². The highest BCUT2D eigenvalue weighted by atomic mass is 127. The zero-order valence-corrected chi connectivity index (χ0v) is 9.11. The van der Waals surface area contributed by atoms with Crippen LogP contribution in [0.1, 0.15) is 11.1 Å². The van der Waals surface area contributed by atoms with Gasteiger partial charge in [-0.3, -0.25) is 0 Å². The van der Waals surface area contributed by atoms with E-state index < -0.39 is 0 Å². The minimum absolute atomic E-state index is 0.554. The third-order valence-electron chi connectivity index (χ3n) is 1.55. The van der Waals surface area contributed by atoms with E-state index in [1.807, 2.05) is 19.1 Å². The lowest BCUT2D eigenvalue weighted by atomic mass is 10.1. The third-order valence-corrected chi connectivity index (χ3v) is 2.96. The van der Waals surface area contributed by atoms with Gasteiger partial charge in [0, 0.05) is 15.1 Å². The van der Waals surface area contributed by atoms with Crippen LogP contribution in [0.3, 0.4) is 0 Å². The summed E-state index contributed by atoms with van der Waals surface area (Å²) >= 11 is 8.17. The Kier molecular flexibility index (Phi) is 3.16. The first-order valence-corrected chi connectivity index (χ1v) is 4.75. The lowest BCUT2D eigenvalue weighted by molar-refractivity contribution is 1.06. The highest BCUT2D eigenvalue weighted by Crippen LogP contribution is 2.21. The molecule has 1 nitrogen and oxygen atoms in total. The second-order valence-electron chi connectivity index (χ2n) is 2.40. The zero-order chi connectivity index (χ0) is 8.43. The summed E-state index contributed by atoms with van der Waals surface area (Å²) in [6, 6.07) is 3.98. The maximum atomic E-state index is 5.91. The van der Waals surface area contributed by atoms with Crippen molar-refractivity contribution in [2.75, 3.05) is 0 Å². The summed E-state index contributed by atoms with van der Waals surface area (Å²) in [6.07, 6.45) is 0. The van der Waals surface area contributed by atoms with E-state index in [0.29, 0.717) is 6.54 Å². The molecule has 0 aliphatic carbocycles. The summed E-state index contributed by atoms with van der Waals surface area (Å²) in [7, 11) is 0. The molecule has 0 radical (unpaired) electrons. The quantitative estimate of drug-likeness (QED) is 0.787. The van der Waals surface area contributed by atoms with Gasteiger partial charge in [0.05, 0.1) is 0 Å². The molecular weight excluding hydrogens is 272 g/mol. The van der Waals surface area contributed by atoms with Gasteiger partial charge < -0.3 is 5.73 Å². The molecule has 0 aliphatic rings. The second-order valence-corrected chi connectivity index (χ2v) is 3.97. The van der Waals surface area contributed by atoms with Gasteiger partial charge in [0.25, 0.3) is 0 Å². The lowest BCUT2D eigenvalue weighted by Gasteiger charge is -2.04. The monoisotopic (exact) mass is 281 g/mol. The van der Waals surface area contributed by atoms with Crippen LogP contribution < -0.4 is 5.73 Å². The van der Waals surface area contributed by atoms with Gasteiger partial charge in [0.15, 0.2) is 0 Å². The van der Waals surface area contributed by atoms with Gasteiger partial charge in [0.1, 0.15) is 0 Å². The number of hydrogen-bond acceptors (Lipinski definition) is 1. The maximum absolute atomic E-state index is 5.91. The largest absolute Gasteiger partial charge is 0.326 e. The van der Waals surface area contributed by atoms with Crippen LogP contribution in [0, 0.1) is 10.5 Å². The molecule has 1 aromatic rings. The van der Waals surface area contributed by atoms with Crippen LogP contribution in [0.25, 0.3) is 0 Å². The van der Waals surface area contributed by atoms with Crippen molar-refractivity contribution in [3.8, 4) is 0 Å². The molecule has 0 aromatic heterocycles. The molecule has 60 valence electrons. The topological polar surface area (TPSA) is 26.0 Å². The fourth-order valence-corrected chi connectivity index (χ4v) is 1.87. The van der Waals surface area contributed by atoms with E-state index >= 15 is 0 Å². The van der Waals surface area contributed by atoms with Crippen LogP contribution in [-0.4, -0.2) is 0 Å². The highest BCUT2D eigenvalue weighted by Gasteiger charge is 2.01. The summed E-state index contributed by atoms with van der Waals surface area (Å²) in [5.41, 5.74) is 7.72. The second kappa shape index (κ2) is 3.74. The first-order chi connectivity index (χ1) is 5.15. The molecule has 0 saturated carbocycles. The van der Waals surface area contributed by atoms with Gasteiger partial charge in [-0.05, 0) is 52.8 Å². The predicted octanol–water partition coefficient (Wildman–Crippen LogP) is 2.71. The smallest absolute Gasteiger partial charge is 0.0439 e. The van der Waals surface area contributed by atoms with Crippen molar-refractivity contribution in [3.63, 3.8) is 0 Å². The standard InChI is InChI=1S/C8H9ClIN/c1-5-2-8(10)6(4-11)3-7(5)9/h2-3H,4,11H2,1H3. The average Bonchev–Trinajstić information content (AvgIpc) is 1.97. The number of halogens is 2. The maximum Gasteiger partial charge on any atom is 0.0439 e. The summed E-state index contributed by atoms with van der Waals surface area (Å²) in [6.45, 7) is 2.54. The van der Waals surface area contributed by atoms with Gasteiger partial charge in [-0.1, -0.05) is 11.6 Å². The minimum atomic E-state index is 0.554. The van der Waals surface area contributed by atoms with E-state index in [-0.39, 0.29) is 0 Å². The molecule has 1 aromatic carbocycles. The van der Waals surface area contributed by atoms with E-state index in [2.05, 4.69) is 22.6 Å². The summed E-state index contributed by atoms with van der Waals surface area (Å²) in [5, 5.41) is 0.797. The molecule has 0 heterocycles. The van der Waals surface area contributed by atoms with Gasteiger partial charge >= 0.3 is 0 Å². The molecule has 0 bridgehead atoms. The molecule has 0 unspecified atom stereocenters. The van der Waals surface area contributed by atoms with Gasteiger partial charge in [-0.25, -0.2) is 0 Å². The molecule has 0 atom stereocenters. The van der Waals surface area contributed by atoms with E-state index in [4.69, 9.17) is 17.3 Å². The molecule has 0 aliphatic heterocycles. The Morgan fingerprint density at radius 3 is 2.73 bits per heavy atom. The Hall–Kier alpha value is 0.200. The Bertz CT molecular complexity index is 273. The van der Waals surface area contributed by atoms with Crippen LogP contribution >= 0.6 is 34.2 Å². The minimum Gasteiger partial charge on any atom is -0.326 e. The van der Waals surface area contributed by atoms with Gasteiger partial charge in [0.2, 0.25) is 0 Å². The fourth-order valence-electron chi connectivity index (χ4n) is 0.844. The molecule has 3 heteroatoms. The van der Waals surface area contributed by atoms with Crippen molar-refractivity contribution in [2.24, 2.45) is 5.73 Å². The fraction of sp³-hybridized carbons (Fsp3) is 0.250. The Balaban J connectivity index is 3.21. The molecular formula is C8H9ClIN. The van der Waals surface area contributed by atoms with E-state index in [9.17, 15) is 0 Å². The molecule has 2 N–H and O–H groups in total. The lowest BCUT2D eigenvalue weighted by Crippen LogP contribution is -1.99. The van der Waals surface area contributed by atoms with Gasteiger partial charge in [-0.2, -0.15) is 0 Å². The Morgan fingerprint density at radius 2 is 2.18 bits per heavy atom. The number of aryl methyl sites for hydroxylation is 1. The number of benzene rings is 1. The van der Waals surface area contributed by atoms with Crippen molar-refractivity contribution < 1.29 is 0 Å². The van der Waals surface area contributed by atoms with Crippen molar-refractivity contribution in [3.05, 3.63) is 31.9 Å². The summed E-state index contributed by atoms with van der Waals surface area (Å²) < 4.78 is 1.19. The first kappa shape index (κ1) is 9.29. The molecule has 0 spiro atoms. The van der Waals surface area contributed by atoms with Crippen LogP contribution in [0.15, 0.2) is 12.1 Å². The van der Waals surface area contributed by atoms with E-state index in [0.717, 1.165) is 16.1 Å². The number of rotatable bonds is 1. The number of nitrogens with two attached hydrogens (primary N) is 1. The highest BCUT2D eigenvalue weighted by molar-refractivity contribution is 14.1. The molecule has 0 fully saturated rings. The zero-order valence-electron chi connectivity index (χ0n) is 6.20. The molecule has 0 saturated heterocycles. The third kappa shape index (κ3) is 2.07. The molecule has 11 heavy (non-hydrogen) atoms. The normalized spacial score (nSPS) is 10.2. The predicted molar refractivity (Wildman–Crippen MR) is 56.8 cm³/mol. The Labute approximate surface area is 85.1 Å². The van der Waals surface area contributed by atoms with Crippen molar-refractivity contribution in [2.45, 2.75) is 13.5 Å². The summed E-state index contributed by atoms with van der Waals surface area (Å²) in [4.78, 5) is 0. The SMILES string of the molecule is Cc1cc(I)c(CN)cc1Cl. The van der Waals surface area contributed by atoms with Crippen molar-refractivity contribution >= 4 is 34.2 Å². The van der Waals surface area contributed by atoms with Gasteiger partial charge in [-0.15, -0.1) is 0 Å². The van der Waals surface area contributed by atoms with Crippen LogP contribution in [0.4, 0.5) is 0 Å². The average molecular weight is 282 g/mol. The van der Waals surface area contributed by atoms with Crippen molar-refractivity contribution in [1.29, 1.82) is 0 Å². The van der Waals surface area contributed by atoms with Crippen LogP contribution in [0.5, 0.6) is 0 Å². The van der Waals surface area contributed by atoms with Crippen LogP contribution in [0.2, 0.25) is 5.02 Å². The van der Waals surface area contributed by atoms with Crippen LogP contribution in [-0.2, 0) is 6.54 Å². The number of hydrogen-bond donors (Lipinski definition) is 1. The Morgan fingerprint density at radius 1 is 1.55 bits per heavy atom.